The molecule has 1 nitrogen and oxygen atoms in total. The lowest BCUT2D eigenvalue weighted by atomic mass is 9.84. The molecular weight excluding hydrogens is 254 g/mol. The van der Waals surface area contributed by atoms with Crippen LogP contribution in [0.4, 0.5) is 0 Å². The molecule has 0 saturated heterocycles. The van der Waals surface area contributed by atoms with Gasteiger partial charge in [0.1, 0.15) is 0 Å². The smallest absolute Gasteiger partial charge is 0.0154 e. The van der Waals surface area contributed by atoms with E-state index >= 15 is 0 Å². The van der Waals surface area contributed by atoms with Crippen molar-refractivity contribution in [3.05, 3.63) is 0 Å². The zero-order valence-electron chi connectivity index (χ0n) is 15.4. The van der Waals surface area contributed by atoms with Gasteiger partial charge >= 0.3 is 0 Å². The SMILES string of the molecule is CCCCCCCCCCCCCC(N)(CCC)CCC. The molecule has 0 aromatic rings. The maximum atomic E-state index is 6.54. The van der Waals surface area contributed by atoms with Gasteiger partial charge in [0.2, 0.25) is 0 Å². The van der Waals surface area contributed by atoms with Crippen LogP contribution in [-0.2, 0) is 0 Å². The third-order valence-corrected chi connectivity index (χ3v) is 4.77. The first-order chi connectivity index (χ1) is 10.2. The molecule has 0 unspecified atom stereocenters. The van der Waals surface area contributed by atoms with Crippen molar-refractivity contribution in [1.29, 1.82) is 0 Å². The summed E-state index contributed by atoms with van der Waals surface area (Å²) < 4.78 is 0. The topological polar surface area (TPSA) is 26.0 Å². The van der Waals surface area contributed by atoms with Crippen molar-refractivity contribution in [3.63, 3.8) is 0 Å². The van der Waals surface area contributed by atoms with E-state index in [4.69, 9.17) is 5.73 Å². The van der Waals surface area contributed by atoms with Crippen molar-refractivity contribution < 1.29 is 0 Å². The van der Waals surface area contributed by atoms with Gasteiger partial charge in [0.25, 0.3) is 0 Å². The van der Waals surface area contributed by atoms with Crippen LogP contribution in [0.3, 0.4) is 0 Å². The molecule has 0 fully saturated rings. The van der Waals surface area contributed by atoms with Crippen LogP contribution in [0.15, 0.2) is 0 Å². The minimum absolute atomic E-state index is 0.142. The maximum absolute atomic E-state index is 6.54. The Bertz CT molecular complexity index is 194. The van der Waals surface area contributed by atoms with Crippen molar-refractivity contribution in [2.45, 2.75) is 129 Å². The Morgan fingerprint density at radius 1 is 0.476 bits per heavy atom. The second-order valence-electron chi connectivity index (χ2n) is 7.15. The third kappa shape index (κ3) is 13.4. The summed E-state index contributed by atoms with van der Waals surface area (Å²) in [6, 6.07) is 0. The summed E-state index contributed by atoms with van der Waals surface area (Å²) in [6.45, 7) is 6.81. The first kappa shape index (κ1) is 21.0. The number of nitrogens with two attached hydrogens (primary N) is 1. The fourth-order valence-electron chi connectivity index (χ4n) is 3.51. The molecule has 0 aliphatic heterocycles. The lowest BCUT2D eigenvalue weighted by Gasteiger charge is -2.29. The molecule has 0 aliphatic carbocycles. The highest BCUT2D eigenvalue weighted by Crippen LogP contribution is 2.24. The van der Waals surface area contributed by atoms with Gasteiger partial charge in [0.05, 0.1) is 0 Å². The number of hydrogen-bond donors (Lipinski definition) is 1. The van der Waals surface area contributed by atoms with Crippen molar-refractivity contribution in [2.75, 3.05) is 0 Å². The van der Waals surface area contributed by atoms with Crippen molar-refractivity contribution >= 4 is 0 Å². The zero-order valence-corrected chi connectivity index (χ0v) is 15.4. The second-order valence-corrected chi connectivity index (χ2v) is 7.15. The van der Waals surface area contributed by atoms with Gasteiger partial charge in [-0.15, -0.1) is 0 Å². The second kappa shape index (κ2) is 14.9. The molecular formula is C20H43N. The van der Waals surface area contributed by atoms with Crippen LogP contribution < -0.4 is 5.73 Å². The first-order valence-electron chi connectivity index (χ1n) is 9.97. The molecule has 0 spiro atoms. The third-order valence-electron chi connectivity index (χ3n) is 4.77. The van der Waals surface area contributed by atoms with Crippen molar-refractivity contribution in [2.24, 2.45) is 5.73 Å². The van der Waals surface area contributed by atoms with E-state index in [9.17, 15) is 0 Å². The van der Waals surface area contributed by atoms with Crippen LogP contribution in [0.25, 0.3) is 0 Å². The maximum Gasteiger partial charge on any atom is 0.0154 e. The van der Waals surface area contributed by atoms with Gasteiger partial charge in [-0.2, -0.15) is 0 Å². The lowest BCUT2D eigenvalue weighted by molar-refractivity contribution is 0.320. The van der Waals surface area contributed by atoms with Crippen LogP contribution in [0, 0.1) is 0 Å². The van der Waals surface area contributed by atoms with E-state index in [0.29, 0.717) is 0 Å². The highest BCUT2D eigenvalue weighted by molar-refractivity contribution is 4.82. The minimum atomic E-state index is 0.142. The van der Waals surface area contributed by atoms with E-state index in [-0.39, 0.29) is 5.54 Å². The molecule has 0 amide bonds. The molecule has 0 aliphatic rings. The molecule has 0 aromatic carbocycles. The highest BCUT2D eigenvalue weighted by Gasteiger charge is 2.21. The van der Waals surface area contributed by atoms with E-state index in [1.807, 2.05) is 0 Å². The molecule has 0 bridgehead atoms. The quantitative estimate of drug-likeness (QED) is 0.305. The summed E-state index contributed by atoms with van der Waals surface area (Å²) >= 11 is 0. The monoisotopic (exact) mass is 297 g/mol. The van der Waals surface area contributed by atoms with E-state index in [1.165, 1.54) is 103 Å². The molecule has 0 atom stereocenters. The Balaban J connectivity index is 3.37. The zero-order chi connectivity index (χ0) is 15.8. The van der Waals surface area contributed by atoms with Crippen LogP contribution >= 0.6 is 0 Å². The molecule has 1 heteroatoms. The van der Waals surface area contributed by atoms with Crippen molar-refractivity contribution in [3.8, 4) is 0 Å². The van der Waals surface area contributed by atoms with Crippen LogP contribution in [0.5, 0.6) is 0 Å². The van der Waals surface area contributed by atoms with Gasteiger partial charge in [-0.05, 0) is 19.3 Å². The van der Waals surface area contributed by atoms with Gasteiger partial charge in [0.15, 0.2) is 0 Å². The summed E-state index contributed by atoms with van der Waals surface area (Å²) in [4.78, 5) is 0. The fourth-order valence-corrected chi connectivity index (χ4v) is 3.51. The Kier molecular flexibility index (Phi) is 14.9. The van der Waals surface area contributed by atoms with Crippen molar-refractivity contribution in [1.82, 2.24) is 0 Å². The van der Waals surface area contributed by atoms with Crippen LogP contribution in [-0.4, -0.2) is 5.54 Å². The number of unbranched alkanes of at least 4 members (excludes halogenated alkanes) is 10. The predicted octanol–water partition coefficient (Wildman–Crippen LogP) is 6.99. The minimum Gasteiger partial charge on any atom is -0.325 e. The molecule has 0 heterocycles. The lowest BCUT2D eigenvalue weighted by Crippen LogP contribution is -2.39. The summed E-state index contributed by atoms with van der Waals surface area (Å²) in [5, 5.41) is 0. The van der Waals surface area contributed by atoms with E-state index < -0.39 is 0 Å². The average Bonchev–Trinajstić information content (AvgIpc) is 2.45. The fraction of sp³-hybridized carbons (Fsp3) is 1.00. The highest BCUT2D eigenvalue weighted by atomic mass is 14.7. The van der Waals surface area contributed by atoms with Gasteiger partial charge in [0, 0.05) is 5.54 Å². The molecule has 2 N–H and O–H groups in total. The van der Waals surface area contributed by atoms with Gasteiger partial charge in [-0.3, -0.25) is 0 Å². The molecule has 0 rings (SSSR count). The summed E-state index contributed by atoms with van der Waals surface area (Å²) in [5.74, 6) is 0. The Hall–Kier alpha value is -0.0400. The predicted molar refractivity (Wildman–Crippen MR) is 97.8 cm³/mol. The Morgan fingerprint density at radius 3 is 1.24 bits per heavy atom. The molecule has 128 valence electrons. The molecule has 0 aromatic heterocycles. The van der Waals surface area contributed by atoms with E-state index in [2.05, 4.69) is 20.8 Å². The van der Waals surface area contributed by atoms with E-state index in [0.717, 1.165) is 0 Å². The first-order valence-corrected chi connectivity index (χ1v) is 9.97. The summed E-state index contributed by atoms with van der Waals surface area (Å²) in [6.07, 6.45) is 21.8. The molecule has 0 radical (unpaired) electrons. The molecule has 21 heavy (non-hydrogen) atoms. The molecule has 0 saturated carbocycles. The van der Waals surface area contributed by atoms with Gasteiger partial charge in [-0.1, -0.05) is 104 Å². The van der Waals surface area contributed by atoms with Crippen LogP contribution in [0.1, 0.15) is 124 Å². The van der Waals surface area contributed by atoms with Gasteiger partial charge in [-0.25, -0.2) is 0 Å². The Labute approximate surface area is 135 Å². The summed E-state index contributed by atoms with van der Waals surface area (Å²) in [7, 11) is 0. The standard InChI is InChI=1S/C20H43N/c1-4-7-8-9-10-11-12-13-14-15-16-19-20(21,17-5-2)18-6-3/h4-19,21H2,1-3H3. The van der Waals surface area contributed by atoms with Gasteiger partial charge < -0.3 is 5.73 Å². The van der Waals surface area contributed by atoms with E-state index in [1.54, 1.807) is 0 Å². The number of hydrogen-bond acceptors (Lipinski definition) is 1. The largest absolute Gasteiger partial charge is 0.325 e. The summed E-state index contributed by atoms with van der Waals surface area (Å²) in [5.41, 5.74) is 6.68. The number of rotatable bonds is 16. The van der Waals surface area contributed by atoms with Crippen LogP contribution in [0.2, 0.25) is 0 Å². The Morgan fingerprint density at radius 2 is 0.857 bits per heavy atom. The normalized spacial score (nSPS) is 12.0. The average molecular weight is 298 g/mol.